The zero-order chi connectivity index (χ0) is 10.4. The minimum absolute atomic E-state index is 0.0527. The highest BCUT2D eigenvalue weighted by atomic mass is 35.5. The van der Waals surface area contributed by atoms with Gasteiger partial charge in [-0.15, -0.1) is 0 Å². The number of hydrogen-bond donors (Lipinski definition) is 1. The second-order valence-corrected chi connectivity index (χ2v) is 3.71. The van der Waals surface area contributed by atoms with E-state index in [-0.39, 0.29) is 6.42 Å². The van der Waals surface area contributed by atoms with Crippen molar-refractivity contribution in [1.82, 2.24) is 0 Å². The van der Waals surface area contributed by atoms with E-state index in [4.69, 9.17) is 16.7 Å². The molecular formula is C11H13ClO2. The van der Waals surface area contributed by atoms with Crippen molar-refractivity contribution in [2.75, 3.05) is 0 Å². The quantitative estimate of drug-likeness (QED) is 0.763. The van der Waals surface area contributed by atoms with E-state index in [0.29, 0.717) is 0 Å². The van der Waals surface area contributed by atoms with Crippen molar-refractivity contribution < 1.29 is 9.90 Å². The Labute approximate surface area is 88.6 Å². The summed E-state index contributed by atoms with van der Waals surface area (Å²) in [6, 6.07) is 0. The standard InChI is InChI=1S/C11H13ClO2/c12-10-5-3-1-2-4-9(6-7-10)8-11(13)14/h2,4,6-7H,1,3,5,8H2,(H,13,14)/b4-2-,9-6+,10-7+. The number of carboxylic acids is 1. The molecular weight excluding hydrogens is 200 g/mol. The lowest BCUT2D eigenvalue weighted by atomic mass is 10.1. The van der Waals surface area contributed by atoms with Crippen molar-refractivity contribution in [3.63, 3.8) is 0 Å². The fourth-order valence-corrected chi connectivity index (χ4v) is 1.45. The summed E-state index contributed by atoms with van der Waals surface area (Å²) >= 11 is 5.91. The molecule has 1 N–H and O–H groups in total. The summed E-state index contributed by atoms with van der Waals surface area (Å²) in [5, 5.41) is 9.42. The first-order valence-corrected chi connectivity index (χ1v) is 5.00. The summed E-state index contributed by atoms with van der Waals surface area (Å²) in [6.45, 7) is 0. The van der Waals surface area contributed by atoms with E-state index in [1.165, 1.54) is 0 Å². The second-order valence-electron chi connectivity index (χ2n) is 3.22. The molecule has 0 aliphatic heterocycles. The van der Waals surface area contributed by atoms with Crippen LogP contribution in [0.2, 0.25) is 0 Å². The Morgan fingerprint density at radius 2 is 2.29 bits per heavy atom. The van der Waals surface area contributed by atoms with Crippen molar-refractivity contribution >= 4 is 17.6 Å². The fourth-order valence-electron chi connectivity index (χ4n) is 1.25. The minimum Gasteiger partial charge on any atom is -0.481 e. The van der Waals surface area contributed by atoms with Gasteiger partial charge >= 0.3 is 5.97 Å². The van der Waals surface area contributed by atoms with E-state index >= 15 is 0 Å². The maximum absolute atomic E-state index is 10.5. The van der Waals surface area contributed by atoms with Crippen molar-refractivity contribution in [2.45, 2.75) is 25.7 Å². The normalized spacial score (nSPS) is 27.2. The molecule has 0 heterocycles. The van der Waals surface area contributed by atoms with Crippen LogP contribution in [-0.4, -0.2) is 11.1 Å². The van der Waals surface area contributed by atoms with Crippen LogP contribution < -0.4 is 0 Å². The highest BCUT2D eigenvalue weighted by Crippen LogP contribution is 2.16. The zero-order valence-electron chi connectivity index (χ0n) is 7.87. The Morgan fingerprint density at radius 3 is 3.00 bits per heavy atom. The first-order valence-electron chi connectivity index (χ1n) is 4.62. The summed E-state index contributed by atoms with van der Waals surface area (Å²) in [7, 11) is 0. The molecule has 0 bridgehead atoms. The Balaban J connectivity index is 2.76. The number of carboxylic acid groups (broad SMARTS) is 1. The number of halogens is 1. The fraction of sp³-hybridized carbons (Fsp3) is 0.364. The lowest BCUT2D eigenvalue weighted by Gasteiger charge is -1.95. The van der Waals surface area contributed by atoms with E-state index in [2.05, 4.69) is 0 Å². The summed E-state index contributed by atoms with van der Waals surface area (Å²) in [5.74, 6) is -0.815. The molecule has 0 atom stereocenters. The molecule has 0 unspecified atom stereocenters. The molecule has 76 valence electrons. The van der Waals surface area contributed by atoms with Crippen LogP contribution in [0.4, 0.5) is 0 Å². The third-order valence-corrected chi connectivity index (χ3v) is 2.27. The smallest absolute Gasteiger partial charge is 0.307 e. The van der Waals surface area contributed by atoms with Gasteiger partial charge in [-0.05, 0) is 30.9 Å². The summed E-state index contributed by atoms with van der Waals surface area (Å²) in [4.78, 5) is 10.5. The third kappa shape index (κ3) is 4.28. The number of carbonyl (C=O) groups is 1. The molecule has 1 rings (SSSR count). The molecule has 0 saturated carbocycles. The zero-order valence-corrected chi connectivity index (χ0v) is 8.63. The minimum atomic E-state index is -0.815. The lowest BCUT2D eigenvalue weighted by molar-refractivity contribution is -0.136. The van der Waals surface area contributed by atoms with Gasteiger partial charge in [0.05, 0.1) is 6.42 Å². The monoisotopic (exact) mass is 212 g/mol. The highest BCUT2D eigenvalue weighted by Gasteiger charge is 2.01. The van der Waals surface area contributed by atoms with Gasteiger partial charge in [-0.3, -0.25) is 4.79 Å². The van der Waals surface area contributed by atoms with Gasteiger partial charge in [0.25, 0.3) is 0 Å². The number of allylic oxidation sites excluding steroid dienone is 5. The number of hydrogen-bond acceptors (Lipinski definition) is 1. The van der Waals surface area contributed by atoms with Gasteiger partial charge in [0.1, 0.15) is 0 Å². The van der Waals surface area contributed by atoms with Crippen LogP contribution in [-0.2, 0) is 4.79 Å². The lowest BCUT2D eigenvalue weighted by Crippen LogP contribution is -1.95. The van der Waals surface area contributed by atoms with E-state index in [1.54, 1.807) is 12.2 Å². The van der Waals surface area contributed by atoms with Crippen molar-refractivity contribution in [3.8, 4) is 0 Å². The Hall–Kier alpha value is -1.02. The molecule has 0 spiro atoms. The van der Waals surface area contributed by atoms with E-state index in [0.717, 1.165) is 29.9 Å². The molecule has 0 aromatic rings. The SMILES string of the molecule is O=C(O)CC1=C/C=C(/Cl)CCC/C=C\1. The van der Waals surface area contributed by atoms with Gasteiger partial charge in [0.2, 0.25) is 0 Å². The molecule has 0 amide bonds. The van der Waals surface area contributed by atoms with Gasteiger partial charge in [0.15, 0.2) is 0 Å². The third-order valence-electron chi connectivity index (χ3n) is 1.95. The van der Waals surface area contributed by atoms with Crippen LogP contribution in [0.3, 0.4) is 0 Å². The molecule has 0 aromatic heterocycles. The first-order chi connectivity index (χ1) is 6.68. The average Bonchev–Trinajstić information content (AvgIpc) is 2.19. The Kier molecular flexibility index (Phi) is 4.47. The van der Waals surface area contributed by atoms with Crippen LogP contribution in [0.15, 0.2) is 34.9 Å². The van der Waals surface area contributed by atoms with Crippen molar-refractivity contribution in [3.05, 3.63) is 34.9 Å². The maximum atomic E-state index is 10.5. The largest absolute Gasteiger partial charge is 0.481 e. The molecule has 0 fully saturated rings. The topological polar surface area (TPSA) is 37.3 Å². The molecule has 14 heavy (non-hydrogen) atoms. The van der Waals surface area contributed by atoms with Crippen LogP contribution in [0.1, 0.15) is 25.7 Å². The average molecular weight is 213 g/mol. The van der Waals surface area contributed by atoms with E-state index in [1.807, 2.05) is 12.2 Å². The predicted molar refractivity (Wildman–Crippen MR) is 57.3 cm³/mol. The maximum Gasteiger partial charge on any atom is 0.307 e. The molecule has 0 saturated heterocycles. The molecule has 1 aliphatic carbocycles. The molecule has 0 aromatic carbocycles. The molecule has 2 nitrogen and oxygen atoms in total. The first kappa shape index (κ1) is 11.1. The van der Waals surface area contributed by atoms with Crippen LogP contribution in [0, 0.1) is 0 Å². The van der Waals surface area contributed by atoms with Crippen LogP contribution in [0.25, 0.3) is 0 Å². The number of aliphatic carboxylic acids is 1. The van der Waals surface area contributed by atoms with Crippen LogP contribution in [0.5, 0.6) is 0 Å². The van der Waals surface area contributed by atoms with Gasteiger partial charge < -0.3 is 5.11 Å². The van der Waals surface area contributed by atoms with Crippen molar-refractivity contribution in [2.24, 2.45) is 0 Å². The van der Waals surface area contributed by atoms with E-state index < -0.39 is 5.97 Å². The molecule has 1 aliphatic rings. The molecule has 3 heteroatoms. The predicted octanol–water partition coefficient (Wildman–Crippen LogP) is 3.25. The van der Waals surface area contributed by atoms with Gasteiger partial charge in [-0.2, -0.15) is 0 Å². The summed E-state index contributed by atoms with van der Waals surface area (Å²) < 4.78 is 0. The number of rotatable bonds is 2. The second kappa shape index (κ2) is 5.66. The van der Waals surface area contributed by atoms with E-state index in [9.17, 15) is 4.79 Å². The summed E-state index contributed by atoms with van der Waals surface area (Å²) in [6.07, 6.45) is 10.3. The molecule has 0 radical (unpaired) electrons. The van der Waals surface area contributed by atoms with Gasteiger partial charge in [-0.25, -0.2) is 0 Å². The Morgan fingerprint density at radius 1 is 1.50 bits per heavy atom. The Bertz CT molecular complexity index is 300. The van der Waals surface area contributed by atoms with Crippen molar-refractivity contribution in [1.29, 1.82) is 0 Å². The van der Waals surface area contributed by atoms with Gasteiger partial charge in [0, 0.05) is 5.03 Å². The van der Waals surface area contributed by atoms with Crippen LogP contribution >= 0.6 is 11.6 Å². The summed E-state index contributed by atoms with van der Waals surface area (Å²) in [5.41, 5.74) is 0.789. The highest BCUT2D eigenvalue weighted by molar-refractivity contribution is 6.29. The van der Waals surface area contributed by atoms with Gasteiger partial charge in [-0.1, -0.05) is 29.8 Å².